The lowest BCUT2D eigenvalue weighted by molar-refractivity contribution is 0.0882. The highest BCUT2D eigenvalue weighted by Crippen LogP contribution is 2.18. The molecule has 2 nitrogen and oxygen atoms in total. The van der Waals surface area contributed by atoms with Gasteiger partial charge >= 0.3 is 0 Å². The Kier molecular flexibility index (Phi) is 5.07. The molecule has 1 unspecified atom stereocenters. The van der Waals surface area contributed by atoms with E-state index >= 15 is 0 Å². The Morgan fingerprint density at radius 1 is 1.27 bits per heavy atom. The van der Waals surface area contributed by atoms with E-state index in [1.165, 1.54) is 45.3 Å². The smallest absolute Gasteiger partial charge is 0.0252 e. The van der Waals surface area contributed by atoms with Gasteiger partial charge in [-0.25, -0.2) is 0 Å². The second-order valence-electron chi connectivity index (χ2n) is 5.53. The molecular weight excluding hydrogens is 184 g/mol. The second kappa shape index (κ2) is 5.86. The first kappa shape index (κ1) is 13.0. The van der Waals surface area contributed by atoms with Gasteiger partial charge in [0.1, 0.15) is 0 Å². The average Bonchev–Trinajstić information content (AvgIpc) is 2.18. The third kappa shape index (κ3) is 4.12. The quantitative estimate of drug-likeness (QED) is 0.753. The molecule has 1 aliphatic rings. The molecule has 0 aromatic heterocycles. The topological polar surface area (TPSA) is 15.3 Å². The summed E-state index contributed by atoms with van der Waals surface area (Å²) in [7, 11) is 0. The van der Waals surface area contributed by atoms with E-state index in [0.29, 0.717) is 5.54 Å². The molecule has 0 aromatic rings. The van der Waals surface area contributed by atoms with Gasteiger partial charge in [0.2, 0.25) is 0 Å². The largest absolute Gasteiger partial charge is 0.309 e. The van der Waals surface area contributed by atoms with Gasteiger partial charge in [-0.15, -0.1) is 0 Å². The molecule has 2 heteroatoms. The Labute approximate surface area is 95.4 Å². The van der Waals surface area contributed by atoms with Gasteiger partial charge in [0.25, 0.3) is 0 Å². The van der Waals surface area contributed by atoms with E-state index in [-0.39, 0.29) is 0 Å². The minimum Gasteiger partial charge on any atom is -0.309 e. The molecule has 0 saturated carbocycles. The monoisotopic (exact) mass is 212 g/mol. The minimum atomic E-state index is 0.304. The van der Waals surface area contributed by atoms with Crippen LogP contribution in [0.15, 0.2) is 0 Å². The van der Waals surface area contributed by atoms with Gasteiger partial charge in [0.15, 0.2) is 0 Å². The van der Waals surface area contributed by atoms with Crippen molar-refractivity contribution in [1.29, 1.82) is 0 Å². The van der Waals surface area contributed by atoms with E-state index < -0.39 is 0 Å². The Balaban J connectivity index is 2.48. The average molecular weight is 212 g/mol. The fraction of sp³-hybridized carbons (Fsp3) is 1.00. The first-order valence-corrected chi connectivity index (χ1v) is 6.58. The maximum Gasteiger partial charge on any atom is 0.0252 e. The zero-order chi connectivity index (χ0) is 11.3. The van der Waals surface area contributed by atoms with E-state index in [4.69, 9.17) is 0 Å². The van der Waals surface area contributed by atoms with Gasteiger partial charge in [0, 0.05) is 24.7 Å². The summed E-state index contributed by atoms with van der Waals surface area (Å²) in [6.45, 7) is 12.9. The molecule has 1 aliphatic heterocycles. The third-order valence-electron chi connectivity index (χ3n) is 3.35. The number of hydrogen-bond acceptors (Lipinski definition) is 2. The predicted molar refractivity (Wildman–Crippen MR) is 67.3 cm³/mol. The van der Waals surface area contributed by atoms with Gasteiger partial charge in [0.05, 0.1) is 0 Å². The minimum absolute atomic E-state index is 0.304. The van der Waals surface area contributed by atoms with Crippen LogP contribution in [0.5, 0.6) is 0 Å². The van der Waals surface area contributed by atoms with Crippen LogP contribution in [0.1, 0.15) is 53.4 Å². The SMILES string of the molecule is CCCCN1CC(C)(C)NCC1CCC. The lowest BCUT2D eigenvalue weighted by Gasteiger charge is -2.44. The Morgan fingerprint density at radius 2 is 2.00 bits per heavy atom. The van der Waals surface area contributed by atoms with Crippen molar-refractivity contribution >= 4 is 0 Å². The summed E-state index contributed by atoms with van der Waals surface area (Å²) in [4.78, 5) is 2.70. The number of nitrogens with one attached hydrogen (secondary N) is 1. The highest BCUT2D eigenvalue weighted by atomic mass is 15.2. The van der Waals surface area contributed by atoms with E-state index in [2.05, 4.69) is 37.9 Å². The fourth-order valence-electron chi connectivity index (χ4n) is 2.46. The van der Waals surface area contributed by atoms with Crippen molar-refractivity contribution in [1.82, 2.24) is 10.2 Å². The molecule has 0 aliphatic carbocycles. The molecule has 1 atom stereocenters. The van der Waals surface area contributed by atoms with E-state index in [1.807, 2.05) is 0 Å². The molecule has 1 saturated heterocycles. The Morgan fingerprint density at radius 3 is 2.60 bits per heavy atom. The summed E-state index contributed by atoms with van der Waals surface area (Å²) in [5.41, 5.74) is 0.304. The van der Waals surface area contributed by atoms with Gasteiger partial charge < -0.3 is 5.32 Å². The maximum atomic E-state index is 3.66. The van der Waals surface area contributed by atoms with Crippen LogP contribution in [0.3, 0.4) is 0 Å². The fourth-order valence-corrected chi connectivity index (χ4v) is 2.46. The summed E-state index contributed by atoms with van der Waals surface area (Å²) in [5.74, 6) is 0. The summed E-state index contributed by atoms with van der Waals surface area (Å²) in [5, 5.41) is 3.66. The van der Waals surface area contributed by atoms with Crippen LogP contribution >= 0.6 is 0 Å². The summed E-state index contributed by atoms with van der Waals surface area (Å²) < 4.78 is 0. The number of nitrogens with zero attached hydrogens (tertiary/aromatic N) is 1. The van der Waals surface area contributed by atoms with Crippen molar-refractivity contribution in [3.63, 3.8) is 0 Å². The number of unbranched alkanes of at least 4 members (excludes halogenated alkanes) is 1. The second-order valence-corrected chi connectivity index (χ2v) is 5.53. The van der Waals surface area contributed by atoms with E-state index in [0.717, 1.165) is 6.04 Å². The lowest BCUT2D eigenvalue weighted by atomic mass is 9.96. The standard InChI is InChI=1S/C13H28N2/c1-5-7-9-15-11-13(3,4)14-10-12(15)8-6-2/h12,14H,5-11H2,1-4H3. The van der Waals surface area contributed by atoms with Gasteiger partial charge in [-0.1, -0.05) is 26.7 Å². The lowest BCUT2D eigenvalue weighted by Crippen LogP contribution is -2.61. The van der Waals surface area contributed by atoms with Gasteiger partial charge in [-0.2, -0.15) is 0 Å². The number of rotatable bonds is 5. The van der Waals surface area contributed by atoms with Gasteiger partial charge in [-0.05, 0) is 33.2 Å². The molecule has 90 valence electrons. The number of hydrogen-bond donors (Lipinski definition) is 1. The van der Waals surface area contributed by atoms with Crippen molar-refractivity contribution in [2.45, 2.75) is 65.0 Å². The molecular formula is C13H28N2. The highest BCUT2D eigenvalue weighted by Gasteiger charge is 2.31. The maximum absolute atomic E-state index is 3.66. The Hall–Kier alpha value is -0.0800. The van der Waals surface area contributed by atoms with Crippen molar-refractivity contribution in [2.24, 2.45) is 0 Å². The predicted octanol–water partition coefficient (Wildman–Crippen LogP) is 2.64. The first-order chi connectivity index (χ1) is 7.09. The normalized spacial score (nSPS) is 26.8. The van der Waals surface area contributed by atoms with Gasteiger partial charge in [-0.3, -0.25) is 4.90 Å². The van der Waals surface area contributed by atoms with Crippen LogP contribution in [0.25, 0.3) is 0 Å². The first-order valence-electron chi connectivity index (χ1n) is 6.58. The zero-order valence-electron chi connectivity index (χ0n) is 11.0. The van der Waals surface area contributed by atoms with Crippen LogP contribution in [0.2, 0.25) is 0 Å². The summed E-state index contributed by atoms with van der Waals surface area (Å²) in [6, 6.07) is 0.773. The molecule has 0 bridgehead atoms. The molecule has 1 fully saturated rings. The van der Waals surface area contributed by atoms with E-state index in [1.54, 1.807) is 0 Å². The molecule has 0 amide bonds. The van der Waals surface area contributed by atoms with Crippen LogP contribution in [0, 0.1) is 0 Å². The molecule has 1 heterocycles. The molecule has 0 aromatic carbocycles. The number of piperazine rings is 1. The Bertz CT molecular complexity index is 177. The van der Waals surface area contributed by atoms with E-state index in [9.17, 15) is 0 Å². The van der Waals surface area contributed by atoms with Crippen molar-refractivity contribution < 1.29 is 0 Å². The zero-order valence-corrected chi connectivity index (χ0v) is 11.0. The molecule has 0 radical (unpaired) electrons. The van der Waals surface area contributed by atoms with Crippen LogP contribution in [-0.4, -0.2) is 36.1 Å². The van der Waals surface area contributed by atoms with Crippen molar-refractivity contribution in [2.75, 3.05) is 19.6 Å². The van der Waals surface area contributed by atoms with Crippen LogP contribution in [-0.2, 0) is 0 Å². The van der Waals surface area contributed by atoms with Crippen molar-refractivity contribution in [3.8, 4) is 0 Å². The van der Waals surface area contributed by atoms with Crippen LogP contribution in [0.4, 0.5) is 0 Å². The molecule has 15 heavy (non-hydrogen) atoms. The summed E-state index contributed by atoms with van der Waals surface area (Å²) in [6.07, 6.45) is 5.29. The molecule has 1 N–H and O–H groups in total. The third-order valence-corrected chi connectivity index (χ3v) is 3.35. The van der Waals surface area contributed by atoms with Crippen LogP contribution < -0.4 is 5.32 Å². The molecule has 0 spiro atoms. The molecule has 1 rings (SSSR count). The summed E-state index contributed by atoms with van der Waals surface area (Å²) >= 11 is 0. The highest BCUT2D eigenvalue weighted by molar-refractivity contribution is 4.91. The van der Waals surface area contributed by atoms with Crippen molar-refractivity contribution in [3.05, 3.63) is 0 Å².